The number of hydrogen-bond donors (Lipinski definition) is 1. The third-order valence-electron chi connectivity index (χ3n) is 3.37. The summed E-state index contributed by atoms with van der Waals surface area (Å²) >= 11 is 0. The van der Waals surface area contributed by atoms with Crippen LogP contribution in [0.15, 0.2) is 30.3 Å². The number of aliphatic hydroxyl groups is 1. The van der Waals surface area contributed by atoms with Crippen molar-refractivity contribution in [3.05, 3.63) is 35.9 Å². The Bertz CT molecular complexity index is 487. The molecule has 0 aromatic heterocycles. The average Bonchev–Trinajstić information content (AvgIpc) is 2.81. The van der Waals surface area contributed by atoms with Crippen molar-refractivity contribution in [1.82, 2.24) is 0 Å². The molecular formula is C16H22O6. The molecule has 1 aromatic carbocycles. The molecule has 1 fully saturated rings. The van der Waals surface area contributed by atoms with Gasteiger partial charge in [-0.05, 0) is 19.4 Å². The fraction of sp³-hybridized carbons (Fsp3) is 0.562. The molecule has 1 aliphatic rings. The summed E-state index contributed by atoms with van der Waals surface area (Å²) in [5.41, 5.74) is 1.03. The Kier molecular flexibility index (Phi) is 5.52. The monoisotopic (exact) mass is 310 g/mol. The molecule has 0 amide bonds. The standard InChI is InChI=1S/C16H22O6/c1-16(2)21-12(14(22-16)13(17)15(18)19-3)10-20-9-11-7-5-4-6-8-11/h4-8,12-14,17H,9-10H2,1-3H3/t12-,13-,14-/m1/s1. The number of benzene rings is 1. The van der Waals surface area contributed by atoms with E-state index in [2.05, 4.69) is 4.74 Å². The van der Waals surface area contributed by atoms with E-state index in [4.69, 9.17) is 14.2 Å². The summed E-state index contributed by atoms with van der Waals surface area (Å²) in [4.78, 5) is 11.5. The zero-order valence-electron chi connectivity index (χ0n) is 13.0. The molecule has 1 N–H and O–H groups in total. The third kappa shape index (κ3) is 4.27. The minimum absolute atomic E-state index is 0.205. The van der Waals surface area contributed by atoms with E-state index < -0.39 is 30.1 Å². The molecule has 122 valence electrons. The molecule has 3 atom stereocenters. The van der Waals surface area contributed by atoms with E-state index in [1.165, 1.54) is 7.11 Å². The van der Waals surface area contributed by atoms with Crippen molar-refractivity contribution in [3.8, 4) is 0 Å². The van der Waals surface area contributed by atoms with Gasteiger partial charge in [0.05, 0.1) is 20.3 Å². The molecule has 0 bridgehead atoms. The summed E-state index contributed by atoms with van der Waals surface area (Å²) in [5, 5.41) is 10.0. The van der Waals surface area contributed by atoms with Crippen LogP contribution in [0.3, 0.4) is 0 Å². The predicted molar refractivity (Wildman–Crippen MR) is 77.9 cm³/mol. The Balaban J connectivity index is 1.93. The second-order valence-corrected chi connectivity index (χ2v) is 5.61. The molecule has 1 saturated heterocycles. The lowest BCUT2D eigenvalue weighted by Gasteiger charge is -2.20. The molecule has 6 heteroatoms. The van der Waals surface area contributed by atoms with E-state index in [0.29, 0.717) is 6.61 Å². The van der Waals surface area contributed by atoms with E-state index in [9.17, 15) is 9.90 Å². The van der Waals surface area contributed by atoms with Gasteiger partial charge in [-0.2, -0.15) is 0 Å². The largest absolute Gasteiger partial charge is 0.467 e. The number of methoxy groups -OCH3 is 1. The van der Waals surface area contributed by atoms with Crippen LogP contribution in [0, 0.1) is 0 Å². The van der Waals surface area contributed by atoms with Gasteiger partial charge < -0.3 is 24.1 Å². The number of rotatable bonds is 6. The first-order valence-electron chi connectivity index (χ1n) is 7.16. The Morgan fingerprint density at radius 1 is 1.32 bits per heavy atom. The van der Waals surface area contributed by atoms with Gasteiger partial charge in [0, 0.05) is 0 Å². The van der Waals surface area contributed by atoms with E-state index in [0.717, 1.165) is 5.56 Å². The van der Waals surface area contributed by atoms with Gasteiger partial charge in [0.2, 0.25) is 0 Å². The Morgan fingerprint density at radius 2 is 2.00 bits per heavy atom. The van der Waals surface area contributed by atoms with Gasteiger partial charge >= 0.3 is 5.97 Å². The van der Waals surface area contributed by atoms with Crippen molar-refractivity contribution in [3.63, 3.8) is 0 Å². The fourth-order valence-corrected chi connectivity index (χ4v) is 2.38. The van der Waals surface area contributed by atoms with E-state index in [1.807, 2.05) is 30.3 Å². The second kappa shape index (κ2) is 7.19. The normalized spacial score (nSPS) is 24.9. The summed E-state index contributed by atoms with van der Waals surface area (Å²) in [7, 11) is 1.22. The lowest BCUT2D eigenvalue weighted by Crippen LogP contribution is -2.43. The minimum Gasteiger partial charge on any atom is -0.467 e. The van der Waals surface area contributed by atoms with Crippen LogP contribution in [-0.4, -0.2) is 48.9 Å². The van der Waals surface area contributed by atoms with Gasteiger partial charge in [-0.1, -0.05) is 30.3 Å². The van der Waals surface area contributed by atoms with Gasteiger partial charge in [0.1, 0.15) is 12.2 Å². The summed E-state index contributed by atoms with van der Waals surface area (Å²) in [6.07, 6.45) is -2.77. The Labute approximate surface area is 129 Å². The number of aliphatic hydroxyl groups excluding tert-OH is 1. The molecule has 1 aromatic rings. The molecule has 2 rings (SSSR count). The van der Waals surface area contributed by atoms with E-state index >= 15 is 0 Å². The van der Waals surface area contributed by atoms with Crippen LogP contribution in [0.1, 0.15) is 19.4 Å². The second-order valence-electron chi connectivity index (χ2n) is 5.61. The van der Waals surface area contributed by atoms with Crippen molar-refractivity contribution in [1.29, 1.82) is 0 Å². The maximum atomic E-state index is 11.5. The van der Waals surface area contributed by atoms with Gasteiger partial charge in [-0.25, -0.2) is 4.79 Å². The highest BCUT2D eigenvalue weighted by Crippen LogP contribution is 2.30. The highest BCUT2D eigenvalue weighted by molar-refractivity contribution is 5.75. The van der Waals surface area contributed by atoms with Crippen LogP contribution in [0.5, 0.6) is 0 Å². The summed E-state index contributed by atoms with van der Waals surface area (Å²) in [6, 6.07) is 9.71. The number of carbonyl (C=O) groups excluding carboxylic acids is 1. The number of hydrogen-bond acceptors (Lipinski definition) is 6. The highest BCUT2D eigenvalue weighted by Gasteiger charge is 2.47. The third-order valence-corrected chi connectivity index (χ3v) is 3.37. The first kappa shape index (κ1) is 16.9. The molecule has 0 saturated carbocycles. The first-order chi connectivity index (χ1) is 10.4. The highest BCUT2D eigenvalue weighted by atomic mass is 16.8. The molecule has 1 aliphatic heterocycles. The van der Waals surface area contributed by atoms with Gasteiger partial charge in [0.25, 0.3) is 0 Å². The van der Waals surface area contributed by atoms with Crippen molar-refractivity contribution in [2.24, 2.45) is 0 Å². The van der Waals surface area contributed by atoms with Gasteiger partial charge in [-0.15, -0.1) is 0 Å². The first-order valence-corrected chi connectivity index (χ1v) is 7.16. The summed E-state index contributed by atoms with van der Waals surface area (Å²) < 4.78 is 21.5. The maximum absolute atomic E-state index is 11.5. The molecule has 22 heavy (non-hydrogen) atoms. The van der Waals surface area contributed by atoms with Gasteiger partial charge in [-0.3, -0.25) is 0 Å². The molecule has 6 nitrogen and oxygen atoms in total. The zero-order chi connectivity index (χ0) is 16.2. The van der Waals surface area contributed by atoms with Crippen molar-refractivity contribution < 1.29 is 28.8 Å². The van der Waals surface area contributed by atoms with Crippen LogP contribution in [0.4, 0.5) is 0 Å². The molecule has 0 spiro atoms. The lowest BCUT2D eigenvalue weighted by molar-refractivity contribution is -0.171. The molecular weight excluding hydrogens is 288 g/mol. The van der Waals surface area contributed by atoms with Crippen LogP contribution in [-0.2, 0) is 30.3 Å². The quantitative estimate of drug-likeness (QED) is 0.797. The smallest absolute Gasteiger partial charge is 0.337 e. The van der Waals surface area contributed by atoms with Crippen molar-refractivity contribution in [2.75, 3.05) is 13.7 Å². The van der Waals surface area contributed by atoms with Crippen molar-refractivity contribution in [2.45, 2.75) is 44.6 Å². The van der Waals surface area contributed by atoms with Gasteiger partial charge in [0.15, 0.2) is 11.9 Å². The number of ether oxygens (including phenoxy) is 4. The van der Waals surface area contributed by atoms with Crippen LogP contribution >= 0.6 is 0 Å². The number of esters is 1. The van der Waals surface area contributed by atoms with Crippen LogP contribution < -0.4 is 0 Å². The van der Waals surface area contributed by atoms with Crippen molar-refractivity contribution >= 4 is 5.97 Å². The van der Waals surface area contributed by atoms with E-state index in [1.54, 1.807) is 13.8 Å². The Morgan fingerprint density at radius 3 is 2.64 bits per heavy atom. The SMILES string of the molecule is COC(=O)[C@H](O)[C@@H]1OC(C)(C)O[C@@H]1COCc1ccccc1. The summed E-state index contributed by atoms with van der Waals surface area (Å²) in [5.74, 6) is -1.64. The van der Waals surface area contributed by atoms with Crippen LogP contribution in [0.2, 0.25) is 0 Å². The lowest BCUT2D eigenvalue weighted by atomic mass is 10.1. The zero-order valence-corrected chi connectivity index (χ0v) is 13.0. The minimum atomic E-state index is -1.41. The average molecular weight is 310 g/mol. The Hall–Kier alpha value is -1.47. The topological polar surface area (TPSA) is 74.2 Å². The predicted octanol–water partition coefficient (Wildman–Crippen LogP) is 1.26. The van der Waals surface area contributed by atoms with Crippen LogP contribution in [0.25, 0.3) is 0 Å². The number of carbonyl (C=O) groups is 1. The summed E-state index contributed by atoms with van der Waals surface area (Å²) in [6.45, 7) is 4.07. The maximum Gasteiger partial charge on any atom is 0.337 e. The molecule has 0 aliphatic carbocycles. The molecule has 1 heterocycles. The molecule has 0 radical (unpaired) electrons. The molecule has 0 unspecified atom stereocenters. The van der Waals surface area contributed by atoms with E-state index in [-0.39, 0.29) is 6.61 Å². The fourth-order valence-electron chi connectivity index (χ4n) is 2.38.